The van der Waals surface area contributed by atoms with Gasteiger partial charge in [-0.3, -0.25) is 0 Å². The van der Waals surface area contributed by atoms with Crippen molar-refractivity contribution in [2.24, 2.45) is 0 Å². The third-order valence-corrected chi connectivity index (χ3v) is 4.19. The first-order chi connectivity index (χ1) is 11.3. The van der Waals surface area contributed by atoms with Gasteiger partial charge in [0.15, 0.2) is 0 Å². The fraction of sp³-hybridized carbons (Fsp3) is 0.333. The van der Waals surface area contributed by atoms with Crippen molar-refractivity contribution in [3.8, 4) is 0 Å². The van der Waals surface area contributed by atoms with E-state index in [1.165, 1.54) is 29.2 Å². The minimum Gasteiger partial charge on any atom is -0.494 e. The molecule has 0 unspecified atom stereocenters. The quantitative estimate of drug-likeness (QED) is 0.647. The summed E-state index contributed by atoms with van der Waals surface area (Å²) in [6, 6.07) is 15.2. The van der Waals surface area contributed by atoms with Crippen LogP contribution in [0.1, 0.15) is 31.7 Å². The highest BCUT2D eigenvalue weighted by Gasteiger charge is 2.07. The van der Waals surface area contributed by atoms with Crippen molar-refractivity contribution < 1.29 is 4.74 Å². The monoisotopic (exact) mass is 307 g/mol. The maximum absolute atomic E-state index is 5.79. The lowest BCUT2D eigenvalue weighted by molar-refractivity contribution is 0.211. The molecule has 2 heteroatoms. The number of hydrogen-bond acceptors (Lipinski definition) is 2. The van der Waals surface area contributed by atoms with Gasteiger partial charge in [0.1, 0.15) is 5.76 Å². The smallest absolute Gasteiger partial charge is 0.118 e. The van der Waals surface area contributed by atoms with Crippen LogP contribution in [-0.4, -0.2) is 18.1 Å². The van der Waals surface area contributed by atoms with E-state index in [-0.39, 0.29) is 0 Å². The zero-order chi connectivity index (χ0) is 15.9. The number of benzene rings is 2. The highest BCUT2D eigenvalue weighted by atomic mass is 16.5. The Bertz CT molecular complexity index is 702. The number of fused-ring (bicyclic) bond motifs is 1. The molecule has 1 aliphatic heterocycles. The summed E-state index contributed by atoms with van der Waals surface area (Å²) < 4.78 is 5.79. The lowest BCUT2D eigenvalue weighted by Gasteiger charge is -2.23. The van der Waals surface area contributed by atoms with Gasteiger partial charge in [-0.15, -0.1) is 0 Å². The average molecular weight is 307 g/mol. The Morgan fingerprint density at radius 2 is 1.91 bits per heavy atom. The second-order valence-corrected chi connectivity index (χ2v) is 6.09. The summed E-state index contributed by atoms with van der Waals surface area (Å²) in [6.45, 7) is 4.88. The molecule has 1 aliphatic rings. The second-order valence-electron chi connectivity index (χ2n) is 6.09. The van der Waals surface area contributed by atoms with Gasteiger partial charge in [0.05, 0.1) is 6.61 Å². The van der Waals surface area contributed by atoms with Gasteiger partial charge in [-0.25, -0.2) is 0 Å². The topological polar surface area (TPSA) is 12.5 Å². The van der Waals surface area contributed by atoms with Crippen LogP contribution in [0.2, 0.25) is 0 Å². The Labute approximate surface area is 139 Å². The summed E-state index contributed by atoms with van der Waals surface area (Å²) in [7, 11) is 0. The van der Waals surface area contributed by atoms with Gasteiger partial charge in [-0.05, 0) is 41.0 Å². The number of hydrogen-bond donors (Lipinski definition) is 0. The highest BCUT2D eigenvalue weighted by molar-refractivity contribution is 5.82. The van der Waals surface area contributed by atoms with Crippen LogP contribution in [0.5, 0.6) is 0 Å². The Kier molecular flexibility index (Phi) is 5.36. The summed E-state index contributed by atoms with van der Waals surface area (Å²) >= 11 is 0. The molecule has 1 heterocycles. The third-order valence-electron chi connectivity index (χ3n) is 4.19. The fourth-order valence-electron chi connectivity index (χ4n) is 2.85. The predicted octanol–water partition coefficient (Wildman–Crippen LogP) is 5.26. The van der Waals surface area contributed by atoms with E-state index in [4.69, 9.17) is 4.74 Å². The van der Waals surface area contributed by atoms with Crippen molar-refractivity contribution in [3.05, 3.63) is 72.1 Å². The molecular weight excluding hydrogens is 282 g/mol. The van der Waals surface area contributed by atoms with E-state index in [1.54, 1.807) is 0 Å². The summed E-state index contributed by atoms with van der Waals surface area (Å²) in [6.07, 6.45) is 10.0. The largest absolute Gasteiger partial charge is 0.494 e. The van der Waals surface area contributed by atoms with E-state index in [9.17, 15) is 0 Å². The Morgan fingerprint density at radius 1 is 1.04 bits per heavy atom. The van der Waals surface area contributed by atoms with Crippen molar-refractivity contribution in [2.45, 2.75) is 32.7 Å². The van der Waals surface area contributed by atoms with Gasteiger partial charge < -0.3 is 9.64 Å². The van der Waals surface area contributed by atoms with E-state index >= 15 is 0 Å². The molecule has 2 aromatic carbocycles. The number of unbranched alkanes of at least 4 members (excludes halogenated alkanes) is 2. The SMILES string of the molecule is CCCCCOC1=CCN(Cc2ccc3ccccc3c2)C=C1. The predicted molar refractivity (Wildman–Crippen MR) is 97.1 cm³/mol. The van der Waals surface area contributed by atoms with Crippen LogP contribution in [0.4, 0.5) is 0 Å². The highest BCUT2D eigenvalue weighted by Crippen LogP contribution is 2.18. The van der Waals surface area contributed by atoms with Gasteiger partial charge in [0, 0.05) is 19.3 Å². The van der Waals surface area contributed by atoms with Crippen molar-refractivity contribution in [1.82, 2.24) is 4.90 Å². The molecule has 0 aromatic heterocycles. The van der Waals surface area contributed by atoms with Gasteiger partial charge in [0.2, 0.25) is 0 Å². The summed E-state index contributed by atoms with van der Waals surface area (Å²) in [5.41, 5.74) is 1.34. The fourth-order valence-corrected chi connectivity index (χ4v) is 2.85. The Morgan fingerprint density at radius 3 is 2.70 bits per heavy atom. The van der Waals surface area contributed by atoms with Crippen LogP contribution in [0.15, 0.2) is 66.6 Å². The van der Waals surface area contributed by atoms with Crippen molar-refractivity contribution in [3.63, 3.8) is 0 Å². The van der Waals surface area contributed by atoms with Crippen LogP contribution in [-0.2, 0) is 11.3 Å². The minimum atomic E-state index is 0.828. The molecule has 0 bridgehead atoms. The molecule has 2 aromatic rings. The Balaban J connectivity index is 1.53. The second kappa shape index (κ2) is 7.87. The number of rotatable bonds is 7. The molecule has 0 spiro atoms. The van der Waals surface area contributed by atoms with E-state index in [1.807, 2.05) is 0 Å². The number of nitrogens with zero attached hydrogens (tertiary/aromatic N) is 1. The zero-order valence-electron chi connectivity index (χ0n) is 13.9. The Hall–Kier alpha value is -2.22. The summed E-state index contributed by atoms with van der Waals surface area (Å²) in [4.78, 5) is 2.31. The standard InChI is InChI=1S/C21H25NO/c1-2-3-6-15-23-21-11-13-22(14-12-21)17-18-9-10-19-7-4-5-8-20(19)16-18/h4-5,7-13,16H,2-3,6,14-15,17H2,1H3. The first-order valence-electron chi connectivity index (χ1n) is 8.58. The molecule has 23 heavy (non-hydrogen) atoms. The van der Waals surface area contributed by atoms with E-state index < -0.39 is 0 Å². The molecule has 120 valence electrons. The van der Waals surface area contributed by atoms with Crippen LogP contribution < -0.4 is 0 Å². The van der Waals surface area contributed by atoms with Crippen LogP contribution in [0.25, 0.3) is 10.8 Å². The molecule has 0 radical (unpaired) electrons. The average Bonchev–Trinajstić information content (AvgIpc) is 2.60. The molecule has 0 saturated carbocycles. The molecule has 2 nitrogen and oxygen atoms in total. The molecule has 0 saturated heterocycles. The molecule has 0 aliphatic carbocycles. The van der Waals surface area contributed by atoms with Crippen molar-refractivity contribution >= 4 is 10.8 Å². The van der Waals surface area contributed by atoms with Crippen LogP contribution in [0, 0.1) is 0 Å². The molecule has 0 fully saturated rings. The van der Waals surface area contributed by atoms with Gasteiger partial charge in [0.25, 0.3) is 0 Å². The van der Waals surface area contributed by atoms with Crippen LogP contribution in [0.3, 0.4) is 0 Å². The maximum atomic E-state index is 5.79. The molecule has 3 rings (SSSR count). The number of allylic oxidation sites excluding steroid dienone is 1. The van der Waals surface area contributed by atoms with E-state index in [0.29, 0.717) is 0 Å². The third kappa shape index (κ3) is 4.38. The van der Waals surface area contributed by atoms with E-state index in [0.717, 1.165) is 31.9 Å². The first kappa shape index (κ1) is 15.7. The van der Waals surface area contributed by atoms with Crippen molar-refractivity contribution in [1.29, 1.82) is 0 Å². The van der Waals surface area contributed by atoms with Crippen LogP contribution >= 0.6 is 0 Å². The molecule has 0 N–H and O–H groups in total. The first-order valence-corrected chi connectivity index (χ1v) is 8.58. The summed E-state index contributed by atoms with van der Waals surface area (Å²) in [5.74, 6) is 1.01. The normalized spacial score (nSPS) is 14.1. The van der Waals surface area contributed by atoms with Gasteiger partial charge in [-0.2, -0.15) is 0 Å². The minimum absolute atomic E-state index is 0.828. The van der Waals surface area contributed by atoms with Gasteiger partial charge >= 0.3 is 0 Å². The maximum Gasteiger partial charge on any atom is 0.118 e. The molecular formula is C21H25NO. The van der Waals surface area contributed by atoms with E-state index in [2.05, 4.69) is 72.6 Å². The lowest BCUT2D eigenvalue weighted by Crippen LogP contribution is -2.19. The molecule has 0 amide bonds. The zero-order valence-corrected chi connectivity index (χ0v) is 13.9. The number of ether oxygens (including phenoxy) is 1. The van der Waals surface area contributed by atoms with Gasteiger partial charge in [-0.1, -0.05) is 56.2 Å². The summed E-state index contributed by atoms with van der Waals surface area (Å²) in [5, 5.41) is 2.61. The lowest BCUT2D eigenvalue weighted by atomic mass is 10.1. The van der Waals surface area contributed by atoms with Crippen molar-refractivity contribution in [2.75, 3.05) is 13.2 Å². The molecule has 0 atom stereocenters.